The quantitative estimate of drug-likeness (QED) is 0.847. The predicted molar refractivity (Wildman–Crippen MR) is 82.9 cm³/mol. The molecule has 21 heavy (non-hydrogen) atoms. The molecule has 1 aromatic carbocycles. The van der Waals surface area contributed by atoms with Crippen LogP contribution in [0.5, 0.6) is 0 Å². The van der Waals surface area contributed by atoms with Gasteiger partial charge >= 0.3 is 0 Å². The lowest BCUT2D eigenvalue weighted by Gasteiger charge is -2.18. The van der Waals surface area contributed by atoms with E-state index in [1.54, 1.807) is 4.90 Å². The summed E-state index contributed by atoms with van der Waals surface area (Å²) >= 11 is 0. The van der Waals surface area contributed by atoms with Gasteiger partial charge in [0.1, 0.15) is 5.76 Å². The first-order chi connectivity index (χ1) is 9.97. The summed E-state index contributed by atoms with van der Waals surface area (Å²) in [4.78, 5) is 18.4. The second-order valence-electron chi connectivity index (χ2n) is 5.73. The van der Waals surface area contributed by atoms with Crippen LogP contribution in [0.4, 0.5) is 0 Å². The van der Waals surface area contributed by atoms with Crippen molar-refractivity contribution in [2.75, 3.05) is 13.6 Å². The fourth-order valence-electron chi connectivity index (χ4n) is 2.22. The van der Waals surface area contributed by atoms with Gasteiger partial charge in [0.05, 0.1) is 12.1 Å². The molecule has 0 radical (unpaired) electrons. The Kier molecular flexibility index (Phi) is 4.78. The highest BCUT2D eigenvalue weighted by Gasteiger charge is 2.17. The highest BCUT2D eigenvalue weighted by molar-refractivity contribution is 5.78. The third-order valence-electron chi connectivity index (χ3n) is 3.30. The number of hydrogen-bond donors (Lipinski definition) is 0. The predicted octanol–water partition coefficient (Wildman–Crippen LogP) is 3.31. The van der Waals surface area contributed by atoms with Crippen LogP contribution in [0.3, 0.4) is 0 Å². The number of aromatic nitrogens is 1. The topological polar surface area (TPSA) is 46.3 Å². The van der Waals surface area contributed by atoms with E-state index in [0.29, 0.717) is 17.6 Å². The van der Waals surface area contributed by atoms with Gasteiger partial charge in [-0.05, 0) is 25.0 Å². The van der Waals surface area contributed by atoms with Gasteiger partial charge in [-0.2, -0.15) is 0 Å². The maximum Gasteiger partial charge on any atom is 0.228 e. The van der Waals surface area contributed by atoms with Gasteiger partial charge in [0, 0.05) is 19.2 Å². The standard InChI is InChI=1S/C17H22N2O2/c1-12(2)11-19(4)16(20)10-15-13(3)21-17(18-15)14-8-6-5-7-9-14/h5-9,12H,10-11H2,1-4H3. The largest absolute Gasteiger partial charge is 0.441 e. The Bertz CT molecular complexity index is 603. The second kappa shape index (κ2) is 6.57. The molecule has 1 amide bonds. The normalized spacial score (nSPS) is 10.9. The van der Waals surface area contributed by atoms with Crippen molar-refractivity contribution >= 4 is 5.91 Å². The first-order valence-electron chi connectivity index (χ1n) is 7.23. The summed E-state index contributed by atoms with van der Waals surface area (Å²) in [5.41, 5.74) is 1.64. The van der Waals surface area contributed by atoms with Crippen LogP contribution >= 0.6 is 0 Å². The van der Waals surface area contributed by atoms with E-state index in [2.05, 4.69) is 18.8 Å². The van der Waals surface area contributed by atoms with Crippen molar-refractivity contribution in [1.82, 2.24) is 9.88 Å². The molecule has 0 fully saturated rings. The van der Waals surface area contributed by atoms with Crippen molar-refractivity contribution in [1.29, 1.82) is 0 Å². The molecule has 1 heterocycles. The molecule has 0 bridgehead atoms. The van der Waals surface area contributed by atoms with Crippen molar-refractivity contribution in [3.63, 3.8) is 0 Å². The number of hydrogen-bond acceptors (Lipinski definition) is 3. The summed E-state index contributed by atoms with van der Waals surface area (Å²) in [6, 6.07) is 9.72. The van der Waals surface area contributed by atoms with Crippen LogP contribution in [-0.4, -0.2) is 29.4 Å². The first-order valence-corrected chi connectivity index (χ1v) is 7.23. The number of benzene rings is 1. The Balaban J connectivity index is 2.11. The molecular weight excluding hydrogens is 264 g/mol. The molecular formula is C17H22N2O2. The third kappa shape index (κ3) is 3.94. The van der Waals surface area contributed by atoms with E-state index in [4.69, 9.17) is 4.42 Å². The van der Waals surface area contributed by atoms with E-state index in [-0.39, 0.29) is 12.3 Å². The number of likely N-dealkylation sites (N-methyl/N-ethyl adjacent to an activating group) is 1. The molecule has 0 N–H and O–H groups in total. The summed E-state index contributed by atoms with van der Waals surface area (Å²) < 4.78 is 5.68. The van der Waals surface area contributed by atoms with E-state index in [1.165, 1.54) is 0 Å². The number of aryl methyl sites for hydroxylation is 1. The van der Waals surface area contributed by atoms with Crippen LogP contribution in [0.15, 0.2) is 34.7 Å². The maximum absolute atomic E-state index is 12.2. The zero-order chi connectivity index (χ0) is 15.4. The van der Waals surface area contributed by atoms with E-state index in [9.17, 15) is 4.79 Å². The lowest BCUT2D eigenvalue weighted by atomic mass is 10.2. The van der Waals surface area contributed by atoms with Gasteiger partial charge in [0.25, 0.3) is 0 Å². The highest BCUT2D eigenvalue weighted by Crippen LogP contribution is 2.21. The molecule has 2 rings (SSSR count). The van der Waals surface area contributed by atoms with Gasteiger partial charge in [-0.25, -0.2) is 4.98 Å². The smallest absolute Gasteiger partial charge is 0.228 e. The summed E-state index contributed by atoms with van der Waals surface area (Å²) in [6.07, 6.45) is 0.283. The minimum absolute atomic E-state index is 0.0692. The Hall–Kier alpha value is -2.10. The molecule has 2 aromatic rings. The number of rotatable bonds is 5. The average Bonchev–Trinajstić information content (AvgIpc) is 2.80. The molecule has 0 saturated carbocycles. The maximum atomic E-state index is 12.2. The van der Waals surface area contributed by atoms with E-state index < -0.39 is 0 Å². The monoisotopic (exact) mass is 286 g/mol. The third-order valence-corrected chi connectivity index (χ3v) is 3.30. The van der Waals surface area contributed by atoms with Crippen LogP contribution in [0.1, 0.15) is 25.3 Å². The molecule has 4 nitrogen and oxygen atoms in total. The molecule has 0 aliphatic carbocycles. The average molecular weight is 286 g/mol. The van der Waals surface area contributed by atoms with Crippen molar-refractivity contribution in [3.8, 4) is 11.5 Å². The fraction of sp³-hybridized carbons (Fsp3) is 0.412. The molecule has 0 saturated heterocycles. The summed E-state index contributed by atoms with van der Waals surface area (Å²) in [5.74, 6) is 1.81. The van der Waals surface area contributed by atoms with Gasteiger partial charge in [-0.3, -0.25) is 4.79 Å². The molecule has 0 unspecified atom stereocenters. The SMILES string of the molecule is Cc1oc(-c2ccccc2)nc1CC(=O)N(C)CC(C)C. The Labute approximate surface area is 125 Å². The minimum Gasteiger partial charge on any atom is -0.441 e. The first kappa shape index (κ1) is 15.3. The van der Waals surface area contributed by atoms with E-state index in [0.717, 1.165) is 17.8 Å². The molecule has 0 aliphatic heterocycles. The zero-order valence-electron chi connectivity index (χ0n) is 13.1. The fourth-order valence-corrected chi connectivity index (χ4v) is 2.22. The van der Waals surface area contributed by atoms with E-state index in [1.807, 2.05) is 44.3 Å². The van der Waals surface area contributed by atoms with Gasteiger partial charge in [0.15, 0.2) is 0 Å². The number of nitrogens with zero attached hydrogens (tertiary/aromatic N) is 2. The second-order valence-corrected chi connectivity index (χ2v) is 5.73. The van der Waals surface area contributed by atoms with Crippen LogP contribution in [0, 0.1) is 12.8 Å². The molecule has 1 aromatic heterocycles. The van der Waals surface area contributed by atoms with Crippen molar-refractivity contribution in [2.45, 2.75) is 27.2 Å². The van der Waals surface area contributed by atoms with Crippen LogP contribution in [-0.2, 0) is 11.2 Å². The number of oxazole rings is 1. The van der Waals surface area contributed by atoms with E-state index >= 15 is 0 Å². The Morgan fingerprint density at radius 3 is 2.57 bits per heavy atom. The number of carbonyl (C=O) groups is 1. The van der Waals surface area contributed by atoms with Crippen LogP contribution in [0.25, 0.3) is 11.5 Å². The van der Waals surface area contributed by atoms with Crippen LogP contribution in [0.2, 0.25) is 0 Å². The Morgan fingerprint density at radius 1 is 1.29 bits per heavy atom. The lowest BCUT2D eigenvalue weighted by Crippen LogP contribution is -2.31. The summed E-state index contributed by atoms with van der Waals surface area (Å²) in [5, 5.41) is 0. The van der Waals surface area contributed by atoms with Gasteiger partial charge in [-0.1, -0.05) is 32.0 Å². The minimum atomic E-state index is 0.0692. The number of amides is 1. The molecule has 4 heteroatoms. The van der Waals surface area contributed by atoms with Crippen LogP contribution < -0.4 is 0 Å². The molecule has 112 valence electrons. The summed E-state index contributed by atoms with van der Waals surface area (Å²) in [7, 11) is 1.83. The summed E-state index contributed by atoms with van der Waals surface area (Å²) in [6.45, 7) is 6.79. The Morgan fingerprint density at radius 2 is 1.95 bits per heavy atom. The molecule has 0 spiro atoms. The van der Waals surface area contributed by atoms with Crippen molar-refractivity contribution < 1.29 is 9.21 Å². The van der Waals surface area contributed by atoms with Crippen molar-refractivity contribution in [3.05, 3.63) is 41.8 Å². The number of carbonyl (C=O) groups excluding carboxylic acids is 1. The highest BCUT2D eigenvalue weighted by atomic mass is 16.4. The van der Waals surface area contributed by atoms with Gasteiger partial charge in [-0.15, -0.1) is 0 Å². The van der Waals surface area contributed by atoms with Crippen molar-refractivity contribution in [2.24, 2.45) is 5.92 Å². The molecule has 0 aliphatic rings. The molecule has 0 atom stereocenters. The zero-order valence-corrected chi connectivity index (χ0v) is 13.1. The van der Waals surface area contributed by atoms with Gasteiger partial charge in [0.2, 0.25) is 11.8 Å². The lowest BCUT2D eigenvalue weighted by molar-refractivity contribution is -0.129. The van der Waals surface area contributed by atoms with Gasteiger partial charge < -0.3 is 9.32 Å².